The molecule has 0 spiro atoms. The molecule has 0 amide bonds. The van der Waals surface area contributed by atoms with E-state index in [1.54, 1.807) is 12.1 Å². The predicted octanol–water partition coefficient (Wildman–Crippen LogP) is 2.83. The van der Waals surface area contributed by atoms with Crippen molar-refractivity contribution in [2.45, 2.75) is 33.3 Å². The number of nitrogens with one attached hydrogen (secondary N) is 1. The molecule has 0 radical (unpaired) electrons. The standard InChI is InChI=1S/C13H21N3O3/c1-3-4-10(2)8-19-9-11-5-6-13(16(17)18)12(7-11)15-14/h5-7,10,15H,3-4,8-9,14H2,1-2H3. The lowest BCUT2D eigenvalue weighted by atomic mass is 10.1. The van der Waals surface area contributed by atoms with Gasteiger partial charge in [0.2, 0.25) is 0 Å². The molecule has 1 aromatic carbocycles. The molecule has 0 aliphatic heterocycles. The first-order chi connectivity index (χ1) is 9.08. The van der Waals surface area contributed by atoms with E-state index >= 15 is 0 Å². The van der Waals surface area contributed by atoms with Crippen LogP contribution in [0, 0.1) is 16.0 Å². The largest absolute Gasteiger partial charge is 0.376 e. The fourth-order valence-electron chi connectivity index (χ4n) is 1.90. The van der Waals surface area contributed by atoms with Gasteiger partial charge in [-0.1, -0.05) is 20.3 Å². The molecule has 1 atom stereocenters. The lowest BCUT2D eigenvalue weighted by Gasteiger charge is -2.11. The Bertz CT molecular complexity index is 424. The molecule has 0 heterocycles. The van der Waals surface area contributed by atoms with Gasteiger partial charge in [-0.25, -0.2) is 0 Å². The number of nitro benzene ring substituents is 1. The minimum absolute atomic E-state index is 0.0365. The van der Waals surface area contributed by atoms with E-state index in [9.17, 15) is 10.1 Å². The molecule has 3 N–H and O–H groups in total. The van der Waals surface area contributed by atoms with Crippen LogP contribution >= 0.6 is 0 Å². The highest BCUT2D eigenvalue weighted by molar-refractivity contribution is 5.61. The minimum Gasteiger partial charge on any atom is -0.376 e. The van der Waals surface area contributed by atoms with Crippen molar-refractivity contribution in [1.82, 2.24) is 0 Å². The van der Waals surface area contributed by atoms with Gasteiger partial charge in [0, 0.05) is 12.7 Å². The van der Waals surface area contributed by atoms with E-state index in [1.807, 2.05) is 0 Å². The highest BCUT2D eigenvalue weighted by Crippen LogP contribution is 2.24. The fraction of sp³-hybridized carbons (Fsp3) is 0.538. The van der Waals surface area contributed by atoms with Crippen molar-refractivity contribution in [3.63, 3.8) is 0 Å². The van der Waals surface area contributed by atoms with Crippen LogP contribution < -0.4 is 11.3 Å². The van der Waals surface area contributed by atoms with Crippen LogP contribution in [0.15, 0.2) is 18.2 Å². The molecule has 0 bridgehead atoms. The van der Waals surface area contributed by atoms with Crippen LogP contribution in [-0.4, -0.2) is 11.5 Å². The third-order valence-corrected chi connectivity index (χ3v) is 2.87. The van der Waals surface area contributed by atoms with Gasteiger partial charge in [-0.15, -0.1) is 0 Å². The van der Waals surface area contributed by atoms with Gasteiger partial charge in [0.15, 0.2) is 0 Å². The molecule has 106 valence electrons. The summed E-state index contributed by atoms with van der Waals surface area (Å²) in [6.45, 7) is 5.41. The molecular formula is C13H21N3O3. The number of nitro groups is 1. The highest BCUT2D eigenvalue weighted by Gasteiger charge is 2.13. The Hall–Kier alpha value is -1.66. The van der Waals surface area contributed by atoms with Gasteiger partial charge in [-0.2, -0.15) is 0 Å². The van der Waals surface area contributed by atoms with Gasteiger partial charge >= 0.3 is 0 Å². The number of hydrogen-bond donors (Lipinski definition) is 2. The summed E-state index contributed by atoms with van der Waals surface area (Å²) in [7, 11) is 0. The van der Waals surface area contributed by atoms with Crippen LogP contribution in [0.1, 0.15) is 32.3 Å². The molecule has 0 aliphatic rings. The fourth-order valence-corrected chi connectivity index (χ4v) is 1.90. The number of nitrogens with zero attached hydrogens (tertiary/aromatic N) is 1. The van der Waals surface area contributed by atoms with Crippen LogP contribution in [0.25, 0.3) is 0 Å². The van der Waals surface area contributed by atoms with Gasteiger partial charge in [0.05, 0.1) is 11.5 Å². The first-order valence-corrected chi connectivity index (χ1v) is 6.40. The maximum atomic E-state index is 10.7. The summed E-state index contributed by atoms with van der Waals surface area (Å²) in [6, 6.07) is 4.76. The monoisotopic (exact) mass is 267 g/mol. The molecule has 19 heavy (non-hydrogen) atoms. The zero-order valence-corrected chi connectivity index (χ0v) is 11.4. The number of nitrogen functional groups attached to an aromatic ring is 1. The van der Waals surface area contributed by atoms with E-state index in [1.165, 1.54) is 6.07 Å². The van der Waals surface area contributed by atoms with Crippen LogP contribution in [0.4, 0.5) is 11.4 Å². The maximum Gasteiger partial charge on any atom is 0.293 e. The summed E-state index contributed by atoms with van der Waals surface area (Å²) in [6.07, 6.45) is 2.28. The lowest BCUT2D eigenvalue weighted by molar-refractivity contribution is -0.384. The first kappa shape index (κ1) is 15.4. The summed E-state index contributed by atoms with van der Waals surface area (Å²) in [5.74, 6) is 5.80. The molecule has 6 heteroatoms. The SMILES string of the molecule is CCCC(C)COCc1ccc([N+](=O)[O-])c(NN)c1. The molecule has 1 aromatic rings. The quantitative estimate of drug-likeness (QED) is 0.429. The molecule has 0 fully saturated rings. The van der Waals surface area contributed by atoms with Crippen LogP contribution in [0.2, 0.25) is 0 Å². The Labute approximate surface area is 113 Å². The van der Waals surface area contributed by atoms with E-state index in [4.69, 9.17) is 10.6 Å². The zero-order valence-electron chi connectivity index (χ0n) is 11.4. The zero-order chi connectivity index (χ0) is 14.3. The number of anilines is 1. The van der Waals surface area contributed by atoms with Crippen LogP contribution in [0.3, 0.4) is 0 Å². The number of hydrogen-bond acceptors (Lipinski definition) is 5. The summed E-state index contributed by atoms with van der Waals surface area (Å²) >= 11 is 0. The number of nitrogens with two attached hydrogens (primary N) is 1. The van der Waals surface area contributed by atoms with E-state index in [-0.39, 0.29) is 5.69 Å². The second kappa shape index (κ2) is 7.70. The summed E-state index contributed by atoms with van der Waals surface area (Å²) in [5.41, 5.74) is 3.47. The first-order valence-electron chi connectivity index (χ1n) is 6.40. The van der Waals surface area contributed by atoms with Crippen molar-refractivity contribution >= 4 is 11.4 Å². The average Bonchev–Trinajstić information content (AvgIpc) is 2.38. The van der Waals surface area contributed by atoms with Crippen molar-refractivity contribution in [2.24, 2.45) is 11.8 Å². The van der Waals surface area contributed by atoms with Gasteiger partial charge < -0.3 is 10.2 Å². The Morgan fingerprint density at radius 3 is 2.84 bits per heavy atom. The van der Waals surface area contributed by atoms with Crippen molar-refractivity contribution in [3.05, 3.63) is 33.9 Å². The molecule has 1 rings (SSSR count). The van der Waals surface area contributed by atoms with Crippen LogP contribution in [0.5, 0.6) is 0 Å². The molecular weight excluding hydrogens is 246 g/mol. The third-order valence-electron chi connectivity index (χ3n) is 2.87. The van der Waals surface area contributed by atoms with Crippen LogP contribution in [-0.2, 0) is 11.3 Å². The Balaban J connectivity index is 2.58. The molecule has 0 saturated heterocycles. The Morgan fingerprint density at radius 2 is 2.26 bits per heavy atom. The van der Waals surface area contributed by atoms with E-state index in [0.717, 1.165) is 18.4 Å². The Kier molecular flexibility index (Phi) is 6.24. The number of benzene rings is 1. The van der Waals surface area contributed by atoms with E-state index in [2.05, 4.69) is 19.3 Å². The van der Waals surface area contributed by atoms with Gasteiger partial charge in [-0.3, -0.25) is 16.0 Å². The normalized spacial score (nSPS) is 12.2. The van der Waals surface area contributed by atoms with Gasteiger partial charge in [-0.05, 0) is 30.0 Å². The topological polar surface area (TPSA) is 90.4 Å². The predicted molar refractivity (Wildman–Crippen MR) is 74.6 cm³/mol. The summed E-state index contributed by atoms with van der Waals surface area (Å²) < 4.78 is 5.60. The minimum atomic E-state index is -0.469. The molecule has 6 nitrogen and oxygen atoms in total. The second-order valence-corrected chi connectivity index (χ2v) is 4.66. The van der Waals surface area contributed by atoms with Crippen molar-refractivity contribution in [3.8, 4) is 0 Å². The summed E-state index contributed by atoms with van der Waals surface area (Å²) in [5, 5.41) is 10.7. The highest BCUT2D eigenvalue weighted by atomic mass is 16.6. The van der Waals surface area contributed by atoms with E-state index in [0.29, 0.717) is 24.8 Å². The maximum absolute atomic E-state index is 10.7. The van der Waals surface area contributed by atoms with Crippen molar-refractivity contribution < 1.29 is 9.66 Å². The van der Waals surface area contributed by atoms with Gasteiger partial charge in [0.25, 0.3) is 5.69 Å². The molecule has 1 unspecified atom stereocenters. The van der Waals surface area contributed by atoms with E-state index < -0.39 is 4.92 Å². The molecule has 0 aliphatic carbocycles. The number of hydrazine groups is 1. The second-order valence-electron chi connectivity index (χ2n) is 4.66. The van der Waals surface area contributed by atoms with Crippen molar-refractivity contribution in [2.75, 3.05) is 12.0 Å². The number of rotatable bonds is 8. The smallest absolute Gasteiger partial charge is 0.293 e. The Morgan fingerprint density at radius 1 is 1.53 bits per heavy atom. The number of ether oxygens (including phenoxy) is 1. The molecule has 0 aromatic heterocycles. The third kappa shape index (κ3) is 4.84. The van der Waals surface area contributed by atoms with Gasteiger partial charge in [0.1, 0.15) is 5.69 Å². The summed E-state index contributed by atoms with van der Waals surface area (Å²) in [4.78, 5) is 10.3. The molecule has 0 saturated carbocycles. The average molecular weight is 267 g/mol. The van der Waals surface area contributed by atoms with Crippen molar-refractivity contribution in [1.29, 1.82) is 0 Å². The lowest BCUT2D eigenvalue weighted by Crippen LogP contribution is -2.10.